The molecule has 1 aromatic heterocycles. The normalized spacial score (nSPS) is 11.5. The van der Waals surface area contributed by atoms with Crippen LogP contribution in [0.2, 0.25) is 0 Å². The minimum absolute atomic E-state index is 0.0839. The molecule has 4 nitrogen and oxygen atoms in total. The zero-order valence-electron chi connectivity index (χ0n) is 13.5. The van der Waals surface area contributed by atoms with E-state index in [0.717, 1.165) is 33.9 Å². The summed E-state index contributed by atoms with van der Waals surface area (Å²) in [6, 6.07) is 19.5. The van der Waals surface area contributed by atoms with Crippen molar-refractivity contribution in [1.29, 1.82) is 0 Å². The number of rotatable bonds is 2. The molecule has 0 fully saturated rings. The molecular formula is C19H17N3OS. The number of pyridine rings is 1. The maximum Gasteiger partial charge on any atom is 0.287 e. The SMILES string of the molecule is CN(C)C(=O)SC(=Nc1ccccc1)c1nccc2ccccc12. The Hall–Kier alpha value is -2.66. The first-order valence-corrected chi connectivity index (χ1v) is 8.34. The Labute approximate surface area is 145 Å². The summed E-state index contributed by atoms with van der Waals surface area (Å²) in [6.45, 7) is 0. The zero-order valence-corrected chi connectivity index (χ0v) is 14.3. The van der Waals surface area contributed by atoms with Crippen LogP contribution in [-0.4, -0.2) is 34.3 Å². The highest BCUT2D eigenvalue weighted by Gasteiger charge is 2.16. The Morgan fingerprint density at radius 2 is 1.71 bits per heavy atom. The third-order valence-corrected chi connectivity index (χ3v) is 4.43. The summed E-state index contributed by atoms with van der Waals surface area (Å²) >= 11 is 1.09. The highest BCUT2D eigenvalue weighted by molar-refractivity contribution is 8.26. The van der Waals surface area contributed by atoms with Crippen molar-refractivity contribution in [2.24, 2.45) is 4.99 Å². The van der Waals surface area contributed by atoms with Crippen LogP contribution in [0.1, 0.15) is 5.69 Å². The van der Waals surface area contributed by atoms with Crippen LogP contribution in [0.5, 0.6) is 0 Å². The number of hydrogen-bond acceptors (Lipinski definition) is 4. The van der Waals surface area contributed by atoms with Crippen molar-refractivity contribution in [3.63, 3.8) is 0 Å². The smallest absolute Gasteiger partial charge is 0.287 e. The molecule has 0 aliphatic carbocycles. The maximum atomic E-state index is 12.2. The minimum Gasteiger partial charge on any atom is -0.339 e. The van der Waals surface area contributed by atoms with Gasteiger partial charge in [-0.3, -0.25) is 9.78 Å². The number of amides is 1. The molecule has 0 aliphatic heterocycles. The molecule has 2 aromatic carbocycles. The Kier molecular flexibility index (Phi) is 4.91. The van der Waals surface area contributed by atoms with Crippen molar-refractivity contribution in [1.82, 2.24) is 9.88 Å². The second kappa shape index (κ2) is 7.27. The summed E-state index contributed by atoms with van der Waals surface area (Å²) in [5.74, 6) is 0. The fraction of sp³-hybridized carbons (Fsp3) is 0.105. The quantitative estimate of drug-likeness (QED) is 0.502. The molecule has 0 unspecified atom stereocenters. The predicted octanol–water partition coefficient (Wildman–Crippen LogP) is 4.73. The van der Waals surface area contributed by atoms with Gasteiger partial charge in [0, 0.05) is 25.7 Å². The summed E-state index contributed by atoms with van der Waals surface area (Å²) < 4.78 is 0. The number of aliphatic imine (C=N–C) groups is 1. The van der Waals surface area contributed by atoms with Gasteiger partial charge < -0.3 is 4.90 Å². The molecule has 0 aliphatic rings. The van der Waals surface area contributed by atoms with Gasteiger partial charge in [-0.2, -0.15) is 0 Å². The van der Waals surface area contributed by atoms with Gasteiger partial charge in [0.15, 0.2) is 0 Å². The molecule has 0 saturated carbocycles. The van der Waals surface area contributed by atoms with Crippen LogP contribution in [0, 0.1) is 0 Å². The molecule has 0 bridgehead atoms. The van der Waals surface area contributed by atoms with E-state index in [1.54, 1.807) is 20.3 Å². The van der Waals surface area contributed by atoms with Gasteiger partial charge in [0.1, 0.15) is 10.7 Å². The average molecular weight is 335 g/mol. The predicted molar refractivity (Wildman–Crippen MR) is 101 cm³/mol. The molecule has 0 saturated heterocycles. The second-order valence-electron chi connectivity index (χ2n) is 5.40. The third-order valence-electron chi connectivity index (χ3n) is 3.41. The number of nitrogens with zero attached hydrogens (tertiary/aromatic N) is 3. The number of benzene rings is 2. The molecule has 0 N–H and O–H groups in total. The highest BCUT2D eigenvalue weighted by atomic mass is 32.2. The number of fused-ring (bicyclic) bond motifs is 1. The van der Waals surface area contributed by atoms with Gasteiger partial charge in [-0.05, 0) is 35.3 Å². The Morgan fingerprint density at radius 3 is 2.46 bits per heavy atom. The molecule has 1 heterocycles. The molecule has 5 heteroatoms. The van der Waals surface area contributed by atoms with Gasteiger partial charge in [-0.1, -0.05) is 42.5 Å². The first-order valence-electron chi connectivity index (χ1n) is 7.52. The lowest BCUT2D eigenvalue weighted by atomic mass is 10.1. The highest BCUT2D eigenvalue weighted by Crippen LogP contribution is 2.25. The van der Waals surface area contributed by atoms with Crippen LogP contribution >= 0.6 is 11.8 Å². The summed E-state index contributed by atoms with van der Waals surface area (Å²) in [7, 11) is 3.46. The standard InChI is InChI=1S/C19H17N3OS/c1-22(2)19(23)24-18(21-15-9-4-3-5-10-15)17-16-11-7-6-8-14(16)12-13-20-17/h3-13H,1-2H3. The minimum atomic E-state index is -0.0839. The molecule has 0 spiro atoms. The lowest BCUT2D eigenvalue weighted by molar-refractivity contribution is 0.241. The van der Waals surface area contributed by atoms with Gasteiger partial charge in [-0.15, -0.1) is 0 Å². The van der Waals surface area contributed by atoms with E-state index in [4.69, 9.17) is 0 Å². The molecule has 1 amide bonds. The molecular weight excluding hydrogens is 318 g/mol. The molecule has 0 atom stereocenters. The number of para-hydroxylation sites is 1. The van der Waals surface area contributed by atoms with E-state index < -0.39 is 0 Å². The van der Waals surface area contributed by atoms with E-state index in [1.807, 2.05) is 60.7 Å². The topological polar surface area (TPSA) is 45.6 Å². The fourth-order valence-electron chi connectivity index (χ4n) is 2.21. The van der Waals surface area contributed by atoms with Crippen LogP contribution in [0.15, 0.2) is 71.9 Å². The Morgan fingerprint density at radius 1 is 1.00 bits per heavy atom. The van der Waals surface area contributed by atoms with Gasteiger partial charge in [-0.25, -0.2) is 4.99 Å². The van der Waals surface area contributed by atoms with Gasteiger partial charge in [0.05, 0.1) is 5.69 Å². The van der Waals surface area contributed by atoms with E-state index in [1.165, 1.54) is 4.90 Å². The Bertz CT molecular complexity index is 886. The van der Waals surface area contributed by atoms with Gasteiger partial charge in [0.2, 0.25) is 0 Å². The van der Waals surface area contributed by atoms with Crippen LogP contribution < -0.4 is 0 Å². The van der Waals surface area contributed by atoms with Crippen molar-refractivity contribution < 1.29 is 4.79 Å². The summed E-state index contributed by atoms with van der Waals surface area (Å²) in [5, 5.41) is 2.56. The zero-order chi connectivity index (χ0) is 16.9. The second-order valence-corrected chi connectivity index (χ2v) is 6.34. The summed E-state index contributed by atoms with van der Waals surface area (Å²) in [5.41, 5.74) is 1.51. The lowest BCUT2D eigenvalue weighted by Gasteiger charge is -2.12. The molecule has 24 heavy (non-hydrogen) atoms. The summed E-state index contributed by atoms with van der Waals surface area (Å²) in [6.07, 6.45) is 1.75. The average Bonchev–Trinajstić information content (AvgIpc) is 2.61. The number of carbonyl (C=O) groups excluding carboxylic acids is 1. The largest absolute Gasteiger partial charge is 0.339 e. The molecule has 3 rings (SSSR count). The number of hydrogen-bond donors (Lipinski definition) is 0. The first kappa shape index (κ1) is 16.2. The van der Waals surface area contributed by atoms with Crippen LogP contribution in [0.25, 0.3) is 10.8 Å². The van der Waals surface area contributed by atoms with Gasteiger partial charge >= 0.3 is 0 Å². The summed E-state index contributed by atoms with van der Waals surface area (Å²) in [4.78, 5) is 22.9. The molecule has 120 valence electrons. The van der Waals surface area contributed by atoms with Crippen molar-refractivity contribution in [3.05, 3.63) is 72.6 Å². The monoisotopic (exact) mass is 335 g/mol. The van der Waals surface area contributed by atoms with Crippen molar-refractivity contribution in [2.45, 2.75) is 0 Å². The number of carbonyl (C=O) groups is 1. The van der Waals surface area contributed by atoms with Crippen molar-refractivity contribution in [2.75, 3.05) is 14.1 Å². The van der Waals surface area contributed by atoms with Crippen LogP contribution in [-0.2, 0) is 0 Å². The third kappa shape index (κ3) is 3.63. The van der Waals surface area contributed by atoms with Crippen LogP contribution in [0.3, 0.4) is 0 Å². The van der Waals surface area contributed by atoms with E-state index in [2.05, 4.69) is 9.98 Å². The number of aromatic nitrogens is 1. The van der Waals surface area contributed by atoms with Crippen LogP contribution in [0.4, 0.5) is 10.5 Å². The van der Waals surface area contributed by atoms with Crippen molar-refractivity contribution in [3.8, 4) is 0 Å². The molecule has 3 aromatic rings. The lowest BCUT2D eigenvalue weighted by Crippen LogP contribution is -2.19. The molecule has 0 radical (unpaired) electrons. The number of thioether (sulfide) groups is 1. The van der Waals surface area contributed by atoms with E-state index in [9.17, 15) is 4.79 Å². The van der Waals surface area contributed by atoms with Gasteiger partial charge in [0.25, 0.3) is 5.24 Å². The van der Waals surface area contributed by atoms with E-state index >= 15 is 0 Å². The van der Waals surface area contributed by atoms with E-state index in [0.29, 0.717) is 5.04 Å². The maximum absolute atomic E-state index is 12.2. The Balaban J connectivity index is 2.13. The van der Waals surface area contributed by atoms with E-state index in [-0.39, 0.29) is 5.24 Å². The fourth-order valence-corrected chi connectivity index (χ4v) is 2.97. The first-order chi connectivity index (χ1) is 11.6. The van der Waals surface area contributed by atoms with Crippen molar-refractivity contribution >= 4 is 38.5 Å².